The summed E-state index contributed by atoms with van der Waals surface area (Å²) >= 11 is 0. The van der Waals surface area contributed by atoms with Gasteiger partial charge in [-0.1, -0.05) is 6.92 Å². The van der Waals surface area contributed by atoms with Gasteiger partial charge in [0.15, 0.2) is 11.5 Å². The number of amides is 1. The normalized spacial score (nSPS) is 13.3. The van der Waals surface area contributed by atoms with Crippen LogP contribution in [0, 0.1) is 5.92 Å². The lowest BCUT2D eigenvalue weighted by Gasteiger charge is -2.17. The van der Waals surface area contributed by atoms with E-state index < -0.39 is 0 Å². The van der Waals surface area contributed by atoms with Gasteiger partial charge in [-0.2, -0.15) is 0 Å². The Labute approximate surface area is 119 Å². The predicted molar refractivity (Wildman–Crippen MR) is 77.5 cm³/mol. The maximum absolute atomic E-state index is 12.0. The van der Waals surface area contributed by atoms with Crippen molar-refractivity contribution in [2.75, 3.05) is 26.6 Å². The zero-order valence-corrected chi connectivity index (χ0v) is 12.5. The molecule has 0 aliphatic rings. The second-order valence-electron chi connectivity index (χ2n) is 4.55. The molecule has 0 radical (unpaired) electrons. The van der Waals surface area contributed by atoms with Gasteiger partial charge in [0.25, 0.3) is 0 Å². The summed E-state index contributed by atoms with van der Waals surface area (Å²) in [6.07, 6.45) is 0. The monoisotopic (exact) mass is 282 g/mol. The van der Waals surface area contributed by atoms with E-state index in [-0.39, 0.29) is 17.9 Å². The lowest BCUT2D eigenvalue weighted by Crippen LogP contribution is -2.34. The van der Waals surface area contributed by atoms with Crippen LogP contribution in [0.15, 0.2) is 12.1 Å². The van der Waals surface area contributed by atoms with Crippen LogP contribution in [-0.2, 0) is 4.79 Å². The van der Waals surface area contributed by atoms with E-state index in [2.05, 4.69) is 5.32 Å². The van der Waals surface area contributed by atoms with Crippen LogP contribution in [0.2, 0.25) is 0 Å². The van der Waals surface area contributed by atoms with Crippen molar-refractivity contribution in [2.24, 2.45) is 11.7 Å². The van der Waals surface area contributed by atoms with Crippen molar-refractivity contribution in [3.8, 4) is 17.2 Å². The standard InChI is InChI=1S/C14H22N2O4/c1-8(9(2)15)14(17)16-10-6-11(18-3)13(20-5)12(7-10)19-4/h6-9H,15H2,1-5H3,(H,16,17). The van der Waals surface area contributed by atoms with E-state index in [9.17, 15) is 4.79 Å². The first-order chi connectivity index (χ1) is 9.44. The molecule has 0 spiro atoms. The molecule has 6 nitrogen and oxygen atoms in total. The number of hydrogen-bond acceptors (Lipinski definition) is 5. The average Bonchev–Trinajstić information content (AvgIpc) is 2.44. The van der Waals surface area contributed by atoms with E-state index in [0.717, 1.165) is 0 Å². The van der Waals surface area contributed by atoms with Gasteiger partial charge < -0.3 is 25.3 Å². The Bertz CT molecular complexity index is 449. The largest absolute Gasteiger partial charge is 0.493 e. The number of carbonyl (C=O) groups excluding carboxylic acids is 1. The van der Waals surface area contributed by atoms with Crippen molar-refractivity contribution in [1.82, 2.24) is 0 Å². The Hall–Kier alpha value is -1.95. The fourth-order valence-corrected chi connectivity index (χ4v) is 1.65. The van der Waals surface area contributed by atoms with Gasteiger partial charge in [0.05, 0.1) is 27.2 Å². The van der Waals surface area contributed by atoms with Gasteiger partial charge in [-0.05, 0) is 6.92 Å². The Morgan fingerprint density at radius 3 is 1.95 bits per heavy atom. The molecule has 0 saturated carbocycles. The van der Waals surface area contributed by atoms with E-state index in [1.165, 1.54) is 21.3 Å². The van der Waals surface area contributed by atoms with Gasteiger partial charge in [0.2, 0.25) is 11.7 Å². The molecule has 1 aromatic carbocycles. The van der Waals surface area contributed by atoms with Crippen molar-refractivity contribution in [3.05, 3.63) is 12.1 Å². The Kier molecular flexibility index (Phi) is 5.64. The van der Waals surface area contributed by atoms with Crippen LogP contribution < -0.4 is 25.3 Å². The highest BCUT2D eigenvalue weighted by Crippen LogP contribution is 2.39. The Balaban J connectivity index is 3.05. The molecule has 0 aliphatic carbocycles. The van der Waals surface area contributed by atoms with E-state index in [1.807, 2.05) is 0 Å². The third-order valence-electron chi connectivity index (χ3n) is 3.13. The van der Waals surface area contributed by atoms with Gasteiger partial charge >= 0.3 is 0 Å². The molecular formula is C14H22N2O4. The third kappa shape index (κ3) is 3.54. The molecule has 1 amide bonds. The minimum absolute atomic E-state index is 0.158. The summed E-state index contributed by atoms with van der Waals surface area (Å²) in [4.78, 5) is 12.0. The van der Waals surface area contributed by atoms with Gasteiger partial charge in [-0.25, -0.2) is 0 Å². The highest BCUT2D eigenvalue weighted by Gasteiger charge is 2.19. The van der Waals surface area contributed by atoms with Crippen LogP contribution in [0.3, 0.4) is 0 Å². The van der Waals surface area contributed by atoms with Gasteiger partial charge in [-0.15, -0.1) is 0 Å². The molecule has 112 valence electrons. The second kappa shape index (κ2) is 7.00. The average molecular weight is 282 g/mol. The summed E-state index contributed by atoms with van der Waals surface area (Å²) in [5, 5.41) is 2.79. The molecule has 1 aromatic rings. The molecule has 2 atom stereocenters. The molecule has 0 aliphatic heterocycles. The molecule has 6 heteroatoms. The number of hydrogen-bond donors (Lipinski definition) is 2. The summed E-state index contributed by atoms with van der Waals surface area (Å²) in [6, 6.07) is 3.12. The molecular weight excluding hydrogens is 260 g/mol. The minimum Gasteiger partial charge on any atom is -0.493 e. The van der Waals surface area contributed by atoms with Crippen LogP contribution in [0.4, 0.5) is 5.69 Å². The highest BCUT2D eigenvalue weighted by molar-refractivity contribution is 5.93. The quantitative estimate of drug-likeness (QED) is 0.828. The topological polar surface area (TPSA) is 82.8 Å². The number of rotatable bonds is 6. The lowest BCUT2D eigenvalue weighted by atomic mass is 10.0. The van der Waals surface area contributed by atoms with E-state index in [4.69, 9.17) is 19.9 Å². The van der Waals surface area contributed by atoms with Crippen LogP contribution >= 0.6 is 0 Å². The Morgan fingerprint density at radius 2 is 1.60 bits per heavy atom. The molecule has 0 aromatic heterocycles. The molecule has 0 saturated heterocycles. The molecule has 0 fully saturated rings. The van der Waals surface area contributed by atoms with Crippen molar-refractivity contribution in [2.45, 2.75) is 19.9 Å². The SMILES string of the molecule is COc1cc(NC(=O)C(C)C(C)N)cc(OC)c1OC. The number of anilines is 1. The molecule has 0 bridgehead atoms. The number of nitrogens with one attached hydrogen (secondary N) is 1. The molecule has 0 heterocycles. The molecule has 3 N–H and O–H groups in total. The number of nitrogens with two attached hydrogens (primary N) is 1. The third-order valence-corrected chi connectivity index (χ3v) is 3.13. The summed E-state index contributed by atoms with van der Waals surface area (Å²) in [5.74, 6) is 0.989. The fraction of sp³-hybridized carbons (Fsp3) is 0.500. The maximum atomic E-state index is 12.0. The first kappa shape index (κ1) is 16.1. The van der Waals surface area contributed by atoms with Crippen molar-refractivity contribution < 1.29 is 19.0 Å². The van der Waals surface area contributed by atoms with E-state index in [0.29, 0.717) is 22.9 Å². The van der Waals surface area contributed by atoms with Crippen LogP contribution in [0.25, 0.3) is 0 Å². The smallest absolute Gasteiger partial charge is 0.228 e. The fourth-order valence-electron chi connectivity index (χ4n) is 1.65. The molecule has 2 unspecified atom stereocenters. The number of carbonyl (C=O) groups is 1. The van der Waals surface area contributed by atoms with E-state index in [1.54, 1.807) is 26.0 Å². The number of benzene rings is 1. The van der Waals surface area contributed by atoms with Crippen molar-refractivity contribution in [1.29, 1.82) is 0 Å². The van der Waals surface area contributed by atoms with Crippen LogP contribution in [0.5, 0.6) is 17.2 Å². The zero-order chi connectivity index (χ0) is 15.3. The molecule has 1 rings (SSSR count). The maximum Gasteiger partial charge on any atom is 0.228 e. The van der Waals surface area contributed by atoms with Gasteiger partial charge in [-0.3, -0.25) is 4.79 Å². The highest BCUT2D eigenvalue weighted by atomic mass is 16.5. The first-order valence-corrected chi connectivity index (χ1v) is 6.31. The predicted octanol–water partition coefficient (Wildman–Crippen LogP) is 1.63. The zero-order valence-electron chi connectivity index (χ0n) is 12.5. The lowest BCUT2D eigenvalue weighted by molar-refractivity contribution is -0.119. The summed E-state index contributed by atoms with van der Waals surface area (Å²) < 4.78 is 15.7. The van der Waals surface area contributed by atoms with Gasteiger partial charge in [0.1, 0.15) is 0 Å². The van der Waals surface area contributed by atoms with E-state index >= 15 is 0 Å². The molecule has 20 heavy (non-hydrogen) atoms. The van der Waals surface area contributed by atoms with Crippen LogP contribution in [-0.4, -0.2) is 33.3 Å². The van der Waals surface area contributed by atoms with Crippen molar-refractivity contribution in [3.63, 3.8) is 0 Å². The van der Waals surface area contributed by atoms with Gasteiger partial charge in [0, 0.05) is 23.9 Å². The second-order valence-corrected chi connectivity index (χ2v) is 4.55. The summed E-state index contributed by atoms with van der Waals surface area (Å²) in [7, 11) is 4.57. The Morgan fingerprint density at radius 1 is 1.10 bits per heavy atom. The van der Waals surface area contributed by atoms with Crippen molar-refractivity contribution >= 4 is 11.6 Å². The summed E-state index contributed by atoms with van der Waals surface area (Å²) in [5.41, 5.74) is 6.28. The minimum atomic E-state index is -0.297. The number of ether oxygens (including phenoxy) is 3. The number of methoxy groups -OCH3 is 3. The summed E-state index contributed by atoms with van der Waals surface area (Å²) in [6.45, 7) is 3.57. The van der Waals surface area contributed by atoms with Crippen LogP contribution in [0.1, 0.15) is 13.8 Å². The first-order valence-electron chi connectivity index (χ1n) is 6.31.